The molecule has 4 unspecified atom stereocenters. The van der Waals surface area contributed by atoms with Crippen LogP contribution in [0, 0.1) is 17.3 Å². The van der Waals surface area contributed by atoms with Gasteiger partial charge < -0.3 is 53.8 Å². The van der Waals surface area contributed by atoms with Crippen molar-refractivity contribution in [2.75, 3.05) is 79.0 Å². The van der Waals surface area contributed by atoms with Crippen LogP contribution in [0.4, 0.5) is 0 Å². The number of nitrogens with one attached hydrogen (secondary N) is 3. The third kappa shape index (κ3) is 16.8. The summed E-state index contributed by atoms with van der Waals surface area (Å²) in [6.07, 6.45) is 2.98. The molecule has 3 aliphatic heterocycles. The molecule has 0 spiro atoms. The predicted octanol–water partition coefficient (Wildman–Crippen LogP) is 2.81. The Morgan fingerprint density at radius 2 is 0.809 bits per heavy atom. The first-order chi connectivity index (χ1) is 31.1. The van der Waals surface area contributed by atoms with Gasteiger partial charge in [0, 0.05) is 25.0 Å². The molecule has 3 N–H and O–H groups in total. The lowest BCUT2D eigenvalue weighted by atomic mass is 9.85. The number of fused-ring (bicyclic) bond motifs is 5. The average Bonchev–Trinajstić information content (AvgIpc) is 3.91. The van der Waals surface area contributed by atoms with E-state index in [0.29, 0.717) is 0 Å². The Balaban J connectivity index is 1.65. The quantitative estimate of drug-likeness (QED) is 0.0243. The summed E-state index contributed by atoms with van der Waals surface area (Å²) in [6, 6.07) is 0. The molecular formula is C45H69Br3N4O16. The van der Waals surface area contributed by atoms with Gasteiger partial charge in [-0.3, -0.25) is 43.3 Å². The van der Waals surface area contributed by atoms with E-state index in [1.165, 1.54) is 46.4 Å². The van der Waals surface area contributed by atoms with E-state index in [9.17, 15) is 38.4 Å². The van der Waals surface area contributed by atoms with Crippen molar-refractivity contribution >= 4 is 95.2 Å². The van der Waals surface area contributed by atoms with E-state index in [0.717, 1.165) is 0 Å². The number of ether oxygens (including phenoxy) is 8. The Hall–Kier alpha value is -3.06. The van der Waals surface area contributed by atoms with Gasteiger partial charge in [-0.1, -0.05) is 59.9 Å². The summed E-state index contributed by atoms with van der Waals surface area (Å²) in [6.45, 7) is 18.0. The topological polar surface area (TPSA) is 250 Å². The highest BCUT2D eigenvalue weighted by Crippen LogP contribution is 2.45. The normalized spacial score (nSPS) is 19.7. The molecule has 20 nitrogen and oxygen atoms in total. The minimum atomic E-state index is -1.68. The first kappa shape index (κ1) is 59.2. The zero-order chi connectivity index (χ0) is 51.7. The molecule has 0 aliphatic carbocycles. The second-order valence-corrected chi connectivity index (χ2v) is 25.8. The molecule has 3 rings (SSSR count). The van der Waals surface area contributed by atoms with E-state index in [2.05, 4.69) is 63.7 Å². The van der Waals surface area contributed by atoms with Crippen LogP contribution in [0.5, 0.6) is 0 Å². The van der Waals surface area contributed by atoms with Gasteiger partial charge in [0.1, 0.15) is 13.0 Å². The lowest BCUT2D eigenvalue weighted by Gasteiger charge is -2.37. The van der Waals surface area contributed by atoms with E-state index < -0.39 is 82.7 Å². The molecule has 3 aliphatic rings. The van der Waals surface area contributed by atoms with Crippen molar-refractivity contribution in [3.63, 3.8) is 0 Å². The van der Waals surface area contributed by atoms with Crippen LogP contribution in [-0.4, -0.2) is 173 Å². The number of nitrogens with zero attached hydrogens (tertiary/aromatic N) is 1. The van der Waals surface area contributed by atoms with Crippen molar-refractivity contribution in [1.29, 1.82) is 0 Å². The SMILES string of the molecule is CC(C)(Br)C(=O)OC(C)(C)C(=O)NCC(CNC(=O)C(C)(C)OC(=O)C(C)(C)Br)(CNC(=O)C(C)(C)OC(=O)C(C)(C)Br)COCCOCCOCCOCCN1C(=O)C2C3C=CC(O3)C2C1=O. The van der Waals surface area contributed by atoms with Crippen LogP contribution in [0.1, 0.15) is 83.1 Å². The molecular weight excluding hydrogens is 1090 g/mol. The highest BCUT2D eigenvalue weighted by atomic mass is 79.9. The van der Waals surface area contributed by atoms with E-state index in [1.807, 2.05) is 12.2 Å². The number of esters is 3. The van der Waals surface area contributed by atoms with Gasteiger partial charge in [-0.25, -0.2) is 0 Å². The van der Waals surface area contributed by atoms with Crippen molar-refractivity contribution in [3.8, 4) is 0 Å². The highest BCUT2D eigenvalue weighted by Gasteiger charge is 2.60. The number of alkyl halides is 3. The second-order valence-electron chi connectivity index (χ2n) is 19.9. The Labute approximate surface area is 423 Å². The Bertz CT molecular complexity index is 1720. The molecule has 23 heteroatoms. The lowest BCUT2D eigenvalue weighted by Crippen LogP contribution is -2.60. The van der Waals surface area contributed by atoms with Crippen LogP contribution < -0.4 is 16.0 Å². The number of hydrogen-bond acceptors (Lipinski definition) is 16. The summed E-state index contributed by atoms with van der Waals surface area (Å²) in [5.41, 5.74) is -6.39. The van der Waals surface area contributed by atoms with Gasteiger partial charge in [0.2, 0.25) is 11.8 Å². The third-order valence-corrected chi connectivity index (χ3v) is 12.0. The molecule has 4 atom stereocenters. The molecule has 0 radical (unpaired) electrons. The van der Waals surface area contributed by atoms with E-state index >= 15 is 0 Å². The van der Waals surface area contributed by atoms with Crippen LogP contribution >= 0.6 is 47.8 Å². The maximum absolute atomic E-state index is 13.7. The van der Waals surface area contributed by atoms with Crippen molar-refractivity contribution < 1.29 is 76.3 Å². The van der Waals surface area contributed by atoms with Crippen molar-refractivity contribution in [2.45, 2.75) is 125 Å². The van der Waals surface area contributed by atoms with Gasteiger partial charge in [-0.15, -0.1) is 0 Å². The van der Waals surface area contributed by atoms with Gasteiger partial charge in [0.25, 0.3) is 17.7 Å². The van der Waals surface area contributed by atoms with Crippen molar-refractivity contribution in [2.24, 2.45) is 17.3 Å². The maximum Gasteiger partial charge on any atom is 0.323 e. The molecule has 3 heterocycles. The molecule has 2 fully saturated rings. The molecule has 0 aromatic rings. The first-order valence-electron chi connectivity index (χ1n) is 22.3. The Kier molecular flexibility index (Phi) is 20.8. The summed E-state index contributed by atoms with van der Waals surface area (Å²) in [5.74, 6) is -5.62. The minimum Gasteiger partial charge on any atom is -0.449 e. The van der Waals surface area contributed by atoms with Gasteiger partial charge in [0.05, 0.1) is 83.4 Å². The fraction of sp³-hybridized carbons (Fsp3) is 0.778. The zero-order valence-corrected chi connectivity index (χ0v) is 45.8. The molecule has 0 aromatic carbocycles. The van der Waals surface area contributed by atoms with Gasteiger partial charge in [-0.2, -0.15) is 0 Å². The van der Waals surface area contributed by atoms with Gasteiger partial charge in [-0.05, 0) is 83.1 Å². The summed E-state index contributed by atoms with van der Waals surface area (Å²) < 4.78 is 41.9. The first-order valence-corrected chi connectivity index (χ1v) is 24.7. The fourth-order valence-electron chi connectivity index (χ4n) is 6.67. The van der Waals surface area contributed by atoms with Crippen molar-refractivity contribution in [3.05, 3.63) is 12.2 Å². The van der Waals surface area contributed by atoms with Gasteiger partial charge >= 0.3 is 17.9 Å². The number of hydrogen-bond donors (Lipinski definition) is 3. The van der Waals surface area contributed by atoms with Crippen LogP contribution in [0.25, 0.3) is 0 Å². The predicted molar refractivity (Wildman–Crippen MR) is 256 cm³/mol. The fourth-order valence-corrected chi connectivity index (χ4v) is 6.91. The second kappa shape index (κ2) is 23.9. The maximum atomic E-state index is 13.7. The number of rotatable bonds is 29. The van der Waals surface area contributed by atoms with Crippen molar-refractivity contribution in [1.82, 2.24) is 20.9 Å². The number of halogens is 3. The standard InChI is InChI=1S/C45H69Br3N4O16/c1-39(2,46)36(58)66-42(7,8)33(55)49-23-45(24-50-34(56)43(9,10)67-37(59)40(3,4)47,25-51-35(57)44(11,12)68-38(60)41(5,6)48)26-64-22-21-63-20-19-62-18-17-61-16-15-52-31(53)29-27-13-14-28(65-27)30(29)32(52)54/h13-14,27-30H,15-26H2,1-12H3,(H,49,55)(H,50,56)(H,51,57). The van der Waals surface area contributed by atoms with E-state index in [1.54, 1.807) is 41.5 Å². The smallest absolute Gasteiger partial charge is 0.323 e. The summed E-state index contributed by atoms with van der Waals surface area (Å²) in [5, 5.41) is 8.34. The number of likely N-dealkylation sites (tertiary alicyclic amines) is 1. The zero-order valence-electron chi connectivity index (χ0n) is 41.1. The molecule has 386 valence electrons. The van der Waals surface area contributed by atoms with E-state index in [-0.39, 0.29) is 103 Å². The number of amides is 5. The number of imide groups is 1. The van der Waals surface area contributed by atoms with E-state index in [4.69, 9.17) is 37.9 Å². The Morgan fingerprint density at radius 3 is 1.12 bits per heavy atom. The highest BCUT2D eigenvalue weighted by molar-refractivity contribution is 9.10. The summed E-state index contributed by atoms with van der Waals surface area (Å²) in [7, 11) is 0. The summed E-state index contributed by atoms with van der Waals surface area (Å²) in [4.78, 5) is 106. The third-order valence-electron chi connectivity index (χ3n) is 11.0. The van der Waals surface area contributed by atoms with Gasteiger partial charge in [0.15, 0.2) is 16.8 Å². The molecule has 2 saturated heterocycles. The average molecular weight is 1160 g/mol. The molecule has 68 heavy (non-hydrogen) atoms. The van der Waals surface area contributed by atoms with Crippen LogP contribution in [0.2, 0.25) is 0 Å². The Morgan fingerprint density at radius 1 is 0.515 bits per heavy atom. The number of carbonyl (C=O) groups excluding carboxylic acids is 8. The van der Waals surface area contributed by atoms with Crippen LogP contribution in [0.3, 0.4) is 0 Å². The number of carbonyl (C=O) groups is 8. The molecule has 0 saturated carbocycles. The molecule has 5 amide bonds. The largest absolute Gasteiger partial charge is 0.449 e. The van der Waals surface area contributed by atoms with Crippen LogP contribution in [0.15, 0.2) is 12.2 Å². The minimum absolute atomic E-state index is 0.0103. The molecule has 2 bridgehead atoms. The van der Waals surface area contributed by atoms with Crippen LogP contribution in [-0.2, 0) is 76.3 Å². The summed E-state index contributed by atoms with van der Waals surface area (Å²) >= 11 is 9.73. The lowest BCUT2D eigenvalue weighted by molar-refractivity contribution is -0.167. The monoisotopic (exact) mass is 1160 g/mol. The molecule has 0 aromatic heterocycles.